The first-order valence-electron chi connectivity index (χ1n) is 3.97. The molecule has 2 aromatic rings. The summed E-state index contributed by atoms with van der Waals surface area (Å²) in [4.78, 5) is 18.6. The number of carbonyl (C=O) groups is 1. The highest BCUT2D eigenvalue weighted by molar-refractivity contribution is 7.13. The van der Waals surface area contributed by atoms with Crippen molar-refractivity contribution >= 4 is 28.9 Å². The van der Waals surface area contributed by atoms with Gasteiger partial charge in [0.05, 0.1) is 10.7 Å². The molecule has 2 rings (SSSR count). The molecule has 0 aliphatic rings. The van der Waals surface area contributed by atoms with Gasteiger partial charge in [-0.3, -0.25) is 4.98 Å². The van der Waals surface area contributed by atoms with Crippen LogP contribution in [0.1, 0.15) is 10.5 Å². The van der Waals surface area contributed by atoms with E-state index < -0.39 is 5.97 Å². The molecule has 0 atom stereocenters. The Balaban J connectivity index is 2.37. The van der Waals surface area contributed by atoms with E-state index in [-0.39, 0.29) is 5.69 Å². The molecule has 0 fully saturated rings. The first-order valence-corrected chi connectivity index (χ1v) is 5.23. The van der Waals surface area contributed by atoms with Gasteiger partial charge in [0, 0.05) is 11.6 Å². The molecule has 0 aliphatic heterocycles. The van der Waals surface area contributed by atoms with Gasteiger partial charge in [-0.15, -0.1) is 11.3 Å². The van der Waals surface area contributed by atoms with Gasteiger partial charge in [-0.25, -0.2) is 9.78 Å². The second-order valence-corrected chi connectivity index (χ2v) is 4.00. The maximum atomic E-state index is 10.6. The lowest BCUT2D eigenvalue weighted by molar-refractivity contribution is 0.0691. The minimum Gasteiger partial charge on any atom is -0.476 e. The van der Waals surface area contributed by atoms with E-state index in [1.54, 1.807) is 12.1 Å². The third-order valence-corrected chi connectivity index (χ3v) is 2.76. The highest BCUT2D eigenvalue weighted by Crippen LogP contribution is 2.22. The molecule has 0 spiro atoms. The number of nitrogens with zero attached hydrogens (tertiary/aromatic N) is 2. The molecule has 6 heteroatoms. The molecule has 0 unspecified atom stereocenters. The molecule has 4 nitrogen and oxygen atoms in total. The maximum absolute atomic E-state index is 10.6. The van der Waals surface area contributed by atoms with Crippen molar-refractivity contribution in [2.45, 2.75) is 0 Å². The van der Waals surface area contributed by atoms with E-state index in [0.29, 0.717) is 15.7 Å². The van der Waals surface area contributed by atoms with Gasteiger partial charge in [0.1, 0.15) is 5.01 Å². The summed E-state index contributed by atoms with van der Waals surface area (Å²) in [5.41, 5.74) is 0.656. The second-order valence-electron chi connectivity index (χ2n) is 2.70. The molecular formula is C9H5ClN2O2S. The van der Waals surface area contributed by atoms with E-state index >= 15 is 0 Å². The van der Waals surface area contributed by atoms with Crippen molar-refractivity contribution in [2.24, 2.45) is 0 Å². The smallest absolute Gasteiger partial charge is 0.355 e. The zero-order chi connectivity index (χ0) is 10.8. The SMILES string of the molecule is O=C(O)c1csc(-c2ccc(Cl)cn2)n1. The number of halogens is 1. The molecule has 0 saturated carbocycles. The Morgan fingerprint density at radius 3 is 2.80 bits per heavy atom. The topological polar surface area (TPSA) is 63.1 Å². The zero-order valence-corrected chi connectivity index (χ0v) is 8.92. The molecular weight excluding hydrogens is 236 g/mol. The van der Waals surface area contributed by atoms with Crippen LogP contribution in [0.5, 0.6) is 0 Å². The number of thiazole rings is 1. The van der Waals surface area contributed by atoms with Crippen LogP contribution in [0.15, 0.2) is 23.7 Å². The number of aromatic carboxylic acids is 1. The van der Waals surface area contributed by atoms with E-state index in [1.807, 2.05) is 0 Å². The van der Waals surface area contributed by atoms with Gasteiger partial charge in [0.2, 0.25) is 0 Å². The Labute approximate surface area is 94.2 Å². The summed E-state index contributed by atoms with van der Waals surface area (Å²) in [6, 6.07) is 3.39. The number of carboxylic acids is 1. The summed E-state index contributed by atoms with van der Waals surface area (Å²) >= 11 is 6.92. The average molecular weight is 241 g/mol. The Morgan fingerprint density at radius 1 is 1.47 bits per heavy atom. The fraction of sp³-hybridized carbons (Fsp3) is 0. The number of aromatic nitrogens is 2. The van der Waals surface area contributed by atoms with Crippen LogP contribution in [0.2, 0.25) is 5.02 Å². The summed E-state index contributed by atoms with van der Waals surface area (Å²) < 4.78 is 0. The number of hydrogen-bond acceptors (Lipinski definition) is 4. The normalized spacial score (nSPS) is 10.2. The highest BCUT2D eigenvalue weighted by atomic mass is 35.5. The van der Waals surface area contributed by atoms with Crippen LogP contribution in [-0.4, -0.2) is 21.0 Å². The van der Waals surface area contributed by atoms with Crippen molar-refractivity contribution in [3.63, 3.8) is 0 Å². The Morgan fingerprint density at radius 2 is 2.27 bits per heavy atom. The average Bonchev–Trinajstić information content (AvgIpc) is 2.68. The fourth-order valence-corrected chi connectivity index (χ4v) is 1.87. The summed E-state index contributed by atoms with van der Waals surface area (Å²) in [6.45, 7) is 0. The van der Waals surface area contributed by atoms with E-state index in [0.717, 1.165) is 0 Å². The van der Waals surface area contributed by atoms with E-state index in [1.165, 1.54) is 22.9 Å². The Kier molecular flexibility index (Phi) is 2.66. The molecule has 0 radical (unpaired) electrons. The molecule has 0 amide bonds. The number of pyridine rings is 1. The van der Waals surface area contributed by atoms with Crippen LogP contribution in [0.4, 0.5) is 0 Å². The Bertz CT molecular complexity index is 495. The standard InChI is InChI=1S/C9H5ClN2O2S/c10-5-1-2-6(11-3-5)8-12-7(4-15-8)9(13)14/h1-4H,(H,13,14). The van der Waals surface area contributed by atoms with Crippen molar-refractivity contribution in [3.05, 3.63) is 34.4 Å². The minimum absolute atomic E-state index is 0.0340. The first-order chi connectivity index (χ1) is 7.16. The fourth-order valence-electron chi connectivity index (χ4n) is 0.992. The number of carboxylic acid groups (broad SMARTS) is 1. The largest absolute Gasteiger partial charge is 0.476 e. The lowest BCUT2D eigenvalue weighted by Crippen LogP contribution is -1.95. The van der Waals surface area contributed by atoms with Gasteiger partial charge in [0.25, 0.3) is 0 Å². The molecule has 1 N–H and O–H groups in total. The van der Waals surface area contributed by atoms with Crippen molar-refractivity contribution < 1.29 is 9.90 Å². The zero-order valence-electron chi connectivity index (χ0n) is 7.35. The van der Waals surface area contributed by atoms with Crippen LogP contribution in [0.3, 0.4) is 0 Å². The highest BCUT2D eigenvalue weighted by Gasteiger charge is 2.10. The van der Waals surface area contributed by atoms with Gasteiger partial charge in [-0.1, -0.05) is 11.6 Å². The predicted molar refractivity (Wildman–Crippen MR) is 57.3 cm³/mol. The quantitative estimate of drug-likeness (QED) is 0.876. The van der Waals surface area contributed by atoms with Crippen LogP contribution < -0.4 is 0 Å². The molecule has 0 saturated heterocycles. The maximum Gasteiger partial charge on any atom is 0.355 e. The van der Waals surface area contributed by atoms with Crippen LogP contribution in [0, 0.1) is 0 Å². The second kappa shape index (κ2) is 3.96. The van der Waals surface area contributed by atoms with Crippen molar-refractivity contribution in [2.75, 3.05) is 0 Å². The van der Waals surface area contributed by atoms with Crippen molar-refractivity contribution in [1.82, 2.24) is 9.97 Å². The summed E-state index contributed by atoms with van der Waals surface area (Å²) in [5, 5.41) is 11.3. The van der Waals surface area contributed by atoms with Gasteiger partial charge in [-0.05, 0) is 12.1 Å². The van der Waals surface area contributed by atoms with Crippen LogP contribution >= 0.6 is 22.9 Å². The van der Waals surface area contributed by atoms with E-state index in [2.05, 4.69) is 9.97 Å². The summed E-state index contributed by atoms with van der Waals surface area (Å²) in [6.07, 6.45) is 1.50. The lowest BCUT2D eigenvalue weighted by Gasteiger charge is -1.94. The Hall–Kier alpha value is -1.46. The summed E-state index contributed by atoms with van der Waals surface area (Å²) in [7, 11) is 0. The van der Waals surface area contributed by atoms with Crippen LogP contribution in [-0.2, 0) is 0 Å². The third kappa shape index (κ3) is 2.14. The van der Waals surface area contributed by atoms with Crippen molar-refractivity contribution in [3.8, 4) is 10.7 Å². The van der Waals surface area contributed by atoms with Gasteiger partial charge in [-0.2, -0.15) is 0 Å². The molecule has 2 aromatic heterocycles. The predicted octanol–water partition coefficient (Wildman–Crippen LogP) is 2.56. The van der Waals surface area contributed by atoms with Gasteiger partial charge < -0.3 is 5.11 Å². The first kappa shape index (κ1) is 10.1. The van der Waals surface area contributed by atoms with Crippen molar-refractivity contribution in [1.29, 1.82) is 0 Å². The number of hydrogen-bond donors (Lipinski definition) is 1. The van der Waals surface area contributed by atoms with Crippen LogP contribution in [0.25, 0.3) is 10.7 Å². The lowest BCUT2D eigenvalue weighted by atomic mass is 10.3. The molecule has 0 aliphatic carbocycles. The number of rotatable bonds is 2. The minimum atomic E-state index is -1.04. The van der Waals surface area contributed by atoms with Gasteiger partial charge in [0.15, 0.2) is 5.69 Å². The monoisotopic (exact) mass is 240 g/mol. The molecule has 0 aromatic carbocycles. The third-order valence-electron chi connectivity index (χ3n) is 1.67. The molecule has 15 heavy (non-hydrogen) atoms. The summed E-state index contributed by atoms with van der Waals surface area (Å²) in [5.74, 6) is -1.04. The van der Waals surface area contributed by atoms with Gasteiger partial charge >= 0.3 is 5.97 Å². The molecule has 2 heterocycles. The van der Waals surface area contributed by atoms with E-state index in [9.17, 15) is 4.79 Å². The molecule has 0 bridgehead atoms. The molecule has 76 valence electrons. The van der Waals surface area contributed by atoms with E-state index in [4.69, 9.17) is 16.7 Å².